The summed E-state index contributed by atoms with van der Waals surface area (Å²) in [6.45, 7) is 7.80. The minimum Gasteiger partial charge on any atom is -0.496 e. The second-order valence-electron chi connectivity index (χ2n) is 10.8. The van der Waals surface area contributed by atoms with E-state index in [1.807, 2.05) is 62.4 Å². The fraction of sp³-hybridized carbons (Fsp3) is 0.200. The van der Waals surface area contributed by atoms with Crippen LogP contribution < -0.4 is 20.3 Å². The number of anilines is 1. The Kier molecular flexibility index (Phi) is 9.70. The van der Waals surface area contributed by atoms with Gasteiger partial charge in [0, 0.05) is 11.3 Å². The fourth-order valence-electron chi connectivity index (χ4n) is 4.93. The molecule has 45 heavy (non-hydrogen) atoms. The molecule has 5 aromatic rings. The number of para-hydroxylation sites is 2. The van der Waals surface area contributed by atoms with Crippen LogP contribution in [0, 0.1) is 13.8 Å². The number of rotatable bonds is 9. The summed E-state index contributed by atoms with van der Waals surface area (Å²) in [6.07, 6.45) is 1.54. The molecule has 0 aliphatic rings. The Morgan fingerprint density at radius 2 is 1.80 bits per heavy atom. The number of carbonyl (C=O) groups excluding carboxylic acids is 1. The molecule has 5 rings (SSSR count). The summed E-state index contributed by atoms with van der Waals surface area (Å²) in [5.74, 6) is 1.36. The molecule has 0 radical (unpaired) electrons. The topological polar surface area (TPSA) is 94.8 Å². The fourth-order valence-corrected chi connectivity index (χ4v) is 5.91. The standard InChI is InChI=1S/C35H32BrClN4O4/c1-20(2)25-17-26(22(4)14-31(25)44-5)34-40-30-13-9-7-11-24(30)35(43)41(34)38-18-23-15-27(36)33(28(37)16-23)45-19-32(42)39-29-12-8-6-10-21(29)3/h6-18,20H,19H2,1-5H3,(H,39,42). The van der Waals surface area contributed by atoms with E-state index in [9.17, 15) is 9.59 Å². The van der Waals surface area contributed by atoms with Gasteiger partial charge in [-0.1, -0.05) is 55.8 Å². The van der Waals surface area contributed by atoms with Crippen molar-refractivity contribution in [2.45, 2.75) is 33.6 Å². The van der Waals surface area contributed by atoms with Crippen LogP contribution in [0.2, 0.25) is 5.02 Å². The number of fused-ring (bicyclic) bond motifs is 1. The molecule has 0 saturated heterocycles. The molecule has 1 heterocycles. The van der Waals surface area contributed by atoms with Crippen molar-refractivity contribution in [3.05, 3.63) is 115 Å². The van der Waals surface area contributed by atoms with Gasteiger partial charge < -0.3 is 14.8 Å². The third-order valence-electron chi connectivity index (χ3n) is 7.30. The van der Waals surface area contributed by atoms with E-state index in [0.29, 0.717) is 38.2 Å². The zero-order valence-electron chi connectivity index (χ0n) is 25.5. The van der Waals surface area contributed by atoms with Gasteiger partial charge in [0.2, 0.25) is 0 Å². The van der Waals surface area contributed by atoms with E-state index < -0.39 is 0 Å². The third kappa shape index (κ3) is 6.95. The summed E-state index contributed by atoms with van der Waals surface area (Å²) in [4.78, 5) is 31.2. The monoisotopic (exact) mass is 686 g/mol. The van der Waals surface area contributed by atoms with E-state index in [1.54, 1.807) is 31.4 Å². The van der Waals surface area contributed by atoms with Gasteiger partial charge in [-0.3, -0.25) is 9.59 Å². The van der Waals surface area contributed by atoms with Crippen LogP contribution in [0.1, 0.15) is 42.0 Å². The average molecular weight is 688 g/mol. The molecule has 1 amide bonds. The lowest BCUT2D eigenvalue weighted by Gasteiger charge is -2.17. The summed E-state index contributed by atoms with van der Waals surface area (Å²) in [6, 6.07) is 22.0. The van der Waals surface area contributed by atoms with E-state index in [4.69, 9.17) is 26.1 Å². The quantitative estimate of drug-likeness (QED) is 0.158. The van der Waals surface area contributed by atoms with E-state index in [2.05, 4.69) is 40.2 Å². The van der Waals surface area contributed by atoms with E-state index >= 15 is 0 Å². The van der Waals surface area contributed by atoms with Gasteiger partial charge in [-0.15, -0.1) is 0 Å². The Labute approximate surface area is 274 Å². The van der Waals surface area contributed by atoms with Crippen LogP contribution in [-0.2, 0) is 4.79 Å². The first-order valence-corrected chi connectivity index (χ1v) is 15.5. The summed E-state index contributed by atoms with van der Waals surface area (Å²) >= 11 is 10.1. The number of hydrogen-bond donors (Lipinski definition) is 1. The molecule has 0 aliphatic carbocycles. The summed E-state index contributed by atoms with van der Waals surface area (Å²) in [5.41, 5.74) is 5.18. The number of halogens is 2. The first-order valence-electron chi connectivity index (χ1n) is 14.3. The third-order valence-corrected chi connectivity index (χ3v) is 8.17. The van der Waals surface area contributed by atoms with Crippen LogP contribution in [0.3, 0.4) is 0 Å². The van der Waals surface area contributed by atoms with Gasteiger partial charge in [0.1, 0.15) is 5.75 Å². The smallest absolute Gasteiger partial charge is 0.282 e. The highest BCUT2D eigenvalue weighted by atomic mass is 79.9. The minimum atomic E-state index is -0.317. The molecule has 0 spiro atoms. The Bertz CT molecular complexity index is 1980. The molecule has 0 saturated carbocycles. The second-order valence-corrected chi connectivity index (χ2v) is 12.1. The van der Waals surface area contributed by atoms with Crippen molar-refractivity contribution in [2.24, 2.45) is 5.10 Å². The van der Waals surface area contributed by atoms with Crippen LogP contribution >= 0.6 is 27.5 Å². The van der Waals surface area contributed by atoms with Gasteiger partial charge in [-0.2, -0.15) is 9.78 Å². The summed E-state index contributed by atoms with van der Waals surface area (Å²) in [5, 5.41) is 8.15. The van der Waals surface area contributed by atoms with Gasteiger partial charge in [0.15, 0.2) is 18.2 Å². The van der Waals surface area contributed by atoms with Crippen molar-refractivity contribution < 1.29 is 14.3 Å². The highest BCUT2D eigenvalue weighted by Gasteiger charge is 2.19. The highest BCUT2D eigenvalue weighted by Crippen LogP contribution is 2.35. The second kappa shape index (κ2) is 13.7. The Morgan fingerprint density at radius 3 is 2.51 bits per heavy atom. The van der Waals surface area contributed by atoms with Crippen LogP contribution in [0.5, 0.6) is 11.5 Å². The Morgan fingerprint density at radius 1 is 1.07 bits per heavy atom. The van der Waals surface area contributed by atoms with Gasteiger partial charge in [-0.05, 0) is 100 Å². The SMILES string of the molecule is COc1cc(C)c(-c2nc3ccccc3c(=O)n2N=Cc2cc(Cl)c(OCC(=O)Nc3ccccc3C)c(Br)c2)cc1C(C)C. The molecular formula is C35H32BrClN4O4. The molecule has 0 aliphatic heterocycles. The number of ether oxygens (including phenoxy) is 2. The minimum absolute atomic E-state index is 0.178. The maximum Gasteiger partial charge on any atom is 0.282 e. The van der Waals surface area contributed by atoms with Gasteiger partial charge in [0.05, 0.1) is 33.7 Å². The van der Waals surface area contributed by atoms with Crippen LogP contribution in [-0.4, -0.2) is 35.5 Å². The first-order chi connectivity index (χ1) is 21.6. The number of carbonyl (C=O) groups is 1. The van der Waals surface area contributed by atoms with E-state index in [0.717, 1.165) is 28.0 Å². The van der Waals surface area contributed by atoms with Crippen molar-refractivity contribution in [1.82, 2.24) is 9.66 Å². The van der Waals surface area contributed by atoms with Gasteiger partial charge >= 0.3 is 0 Å². The maximum atomic E-state index is 13.8. The number of hydrogen-bond acceptors (Lipinski definition) is 6. The number of benzene rings is 4. The van der Waals surface area contributed by atoms with Crippen LogP contribution in [0.25, 0.3) is 22.3 Å². The number of nitrogens with one attached hydrogen (secondary N) is 1. The lowest BCUT2D eigenvalue weighted by atomic mass is 9.96. The molecule has 0 fully saturated rings. The van der Waals surface area contributed by atoms with Crippen molar-refractivity contribution in [2.75, 3.05) is 19.0 Å². The zero-order valence-corrected chi connectivity index (χ0v) is 27.9. The molecule has 230 valence electrons. The number of aryl methyl sites for hydroxylation is 2. The number of aromatic nitrogens is 2. The van der Waals surface area contributed by atoms with Crippen molar-refractivity contribution in [3.8, 4) is 22.9 Å². The number of amides is 1. The van der Waals surface area contributed by atoms with Gasteiger partial charge in [0.25, 0.3) is 11.5 Å². The van der Waals surface area contributed by atoms with E-state index in [1.165, 1.54) is 10.9 Å². The van der Waals surface area contributed by atoms with Crippen molar-refractivity contribution in [1.29, 1.82) is 0 Å². The Balaban J connectivity index is 1.49. The molecule has 1 aromatic heterocycles. The first kappa shape index (κ1) is 31.9. The summed E-state index contributed by atoms with van der Waals surface area (Å²) in [7, 11) is 1.65. The number of methoxy groups -OCH3 is 1. The van der Waals surface area contributed by atoms with Crippen LogP contribution in [0.4, 0.5) is 5.69 Å². The van der Waals surface area contributed by atoms with Crippen molar-refractivity contribution in [3.63, 3.8) is 0 Å². The lowest BCUT2D eigenvalue weighted by molar-refractivity contribution is -0.118. The van der Waals surface area contributed by atoms with Crippen molar-refractivity contribution >= 4 is 56.2 Å². The largest absolute Gasteiger partial charge is 0.496 e. The Hall–Kier alpha value is -4.47. The molecule has 10 heteroatoms. The predicted octanol–water partition coefficient (Wildman–Crippen LogP) is 8.13. The molecule has 0 unspecified atom stereocenters. The molecule has 8 nitrogen and oxygen atoms in total. The molecule has 0 atom stereocenters. The number of nitrogens with zero attached hydrogens (tertiary/aromatic N) is 3. The summed E-state index contributed by atoms with van der Waals surface area (Å²) < 4.78 is 13.2. The zero-order chi connectivity index (χ0) is 32.2. The molecule has 0 bridgehead atoms. The molecular weight excluding hydrogens is 656 g/mol. The average Bonchev–Trinajstić information content (AvgIpc) is 3.01. The van der Waals surface area contributed by atoms with Gasteiger partial charge in [-0.25, -0.2) is 4.98 Å². The lowest BCUT2D eigenvalue weighted by Crippen LogP contribution is -2.21. The normalized spacial score (nSPS) is 11.4. The molecule has 4 aromatic carbocycles. The maximum absolute atomic E-state index is 13.8. The van der Waals surface area contributed by atoms with Crippen LogP contribution in [0.15, 0.2) is 87.2 Å². The molecule has 1 N–H and O–H groups in total. The highest BCUT2D eigenvalue weighted by molar-refractivity contribution is 9.10. The van der Waals surface area contributed by atoms with E-state index in [-0.39, 0.29) is 29.0 Å². The predicted molar refractivity (Wildman–Crippen MR) is 184 cm³/mol.